The fourth-order valence-electron chi connectivity index (χ4n) is 1.98. The molecule has 118 valence electrons. The Hall–Kier alpha value is -2.71. The first-order valence-electron chi connectivity index (χ1n) is 6.96. The van der Waals surface area contributed by atoms with Crippen LogP contribution in [0.1, 0.15) is 5.56 Å². The Kier molecular flexibility index (Phi) is 5.84. The molecule has 0 spiro atoms. The average Bonchev–Trinajstić information content (AvgIpc) is 2.57. The number of halogens is 1. The van der Waals surface area contributed by atoms with Crippen molar-refractivity contribution in [2.75, 3.05) is 12.4 Å². The molecule has 23 heavy (non-hydrogen) atoms. The molecule has 0 saturated heterocycles. The molecule has 1 atom stereocenters. The van der Waals surface area contributed by atoms with Crippen LogP contribution in [-0.2, 0) is 6.42 Å². The van der Waals surface area contributed by atoms with E-state index in [2.05, 4.69) is 16.7 Å². The largest absolute Gasteiger partial charge is 0.497 e. The van der Waals surface area contributed by atoms with Gasteiger partial charge in [-0.15, -0.1) is 0 Å². The van der Waals surface area contributed by atoms with E-state index in [0.717, 1.165) is 11.3 Å². The Balaban J connectivity index is 1.91. The SMILES string of the molecule is COc1ccc(CC(C#N)NC(=O)Nc2ccc(Cl)cc2)cc1. The molecule has 2 amide bonds. The van der Waals surface area contributed by atoms with Crippen molar-refractivity contribution in [2.45, 2.75) is 12.5 Å². The summed E-state index contributed by atoms with van der Waals surface area (Å²) in [4.78, 5) is 11.9. The lowest BCUT2D eigenvalue weighted by atomic mass is 10.1. The molecule has 5 nitrogen and oxygen atoms in total. The molecular formula is C17H16ClN3O2. The average molecular weight is 330 g/mol. The Bertz CT molecular complexity index is 693. The molecule has 2 rings (SSSR count). The van der Waals surface area contributed by atoms with Gasteiger partial charge in [0.05, 0.1) is 13.2 Å². The van der Waals surface area contributed by atoms with Gasteiger partial charge >= 0.3 is 6.03 Å². The number of hydrogen-bond donors (Lipinski definition) is 2. The van der Waals surface area contributed by atoms with E-state index in [4.69, 9.17) is 16.3 Å². The number of nitrogens with zero attached hydrogens (tertiary/aromatic N) is 1. The Morgan fingerprint density at radius 3 is 2.43 bits per heavy atom. The van der Waals surface area contributed by atoms with Gasteiger partial charge in [0.2, 0.25) is 0 Å². The summed E-state index contributed by atoms with van der Waals surface area (Å²) in [6.45, 7) is 0. The lowest BCUT2D eigenvalue weighted by molar-refractivity contribution is 0.250. The molecule has 0 saturated carbocycles. The normalized spacial score (nSPS) is 11.2. The van der Waals surface area contributed by atoms with Gasteiger partial charge in [0, 0.05) is 17.1 Å². The zero-order chi connectivity index (χ0) is 16.7. The van der Waals surface area contributed by atoms with Gasteiger partial charge in [-0.2, -0.15) is 5.26 Å². The van der Waals surface area contributed by atoms with Crippen LogP contribution in [0.25, 0.3) is 0 Å². The number of urea groups is 1. The van der Waals surface area contributed by atoms with Crippen LogP contribution < -0.4 is 15.4 Å². The molecule has 6 heteroatoms. The Morgan fingerprint density at radius 2 is 1.87 bits per heavy atom. The van der Waals surface area contributed by atoms with Crippen molar-refractivity contribution in [2.24, 2.45) is 0 Å². The minimum Gasteiger partial charge on any atom is -0.497 e. The molecule has 0 aliphatic rings. The van der Waals surface area contributed by atoms with Crippen molar-refractivity contribution >= 4 is 23.3 Å². The summed E-state index contributed by atoms with van der Waals surface area (Å²) in [6, 6.07) is 15.1. The molecule has 0 fully saturated rings. The summed E-state index contributed by atoms with van der Waals surface area (Å²) in [6.07, 6.45) is 0.411. The number of methoxy groups -OCH3 is 1. The molecule has 0 radical (unpaired) electrons. The van der Waals surface area contributed by atoms with Crippen LogP contribution in [0.5, 0.6) is 5.75 Å². The maximum absolute atomic E-state index is 11.9. The van der Waals surface area contributed by atoms with Crippen LogP contribution in [0.15, 0.2) is 48.5 Å². The van der Waals surface area contributed by atoms with Gasteiger partial charge in [-0.05, 0) is 42.0 Å². The van der Waals surface area contributed by atoms with Gasteiger partial charge in [-0.1, -0.05) is 23.7 Å². The number of nitrogens with one attached hydrogen (secondary N) is 2. The van der Waals surface area contributed by atoms with E-state index in [-0.39, 0.29) is 0 Å². The third kappa shape index (κ3) is 5.20. The highest BCUT2D eigenvalue weighted by molar-refractivity contribution is 6.30. The third-order valence-corrected chi connectivity index (χ3v) is 3.41. The van der Waals surface area contributed by atoms with Crippen molar-refractivity contribution < 1.29 is 9.53 Å². The Morgan fingerprint density at radius 1 is 1.22 bits per heavy atom. The van der Waals surface area contributed by atoms with Gasteiger partial charge < -0.3 is 15.4 Å². The molecule has 0 aromatic heterocycles. The number of anilines is 1. The summed E-state index contributed by atoms with van der Waals surface area (Å²) in [5, 5.41) is 15.1. The van der Waals surface area contributed by atoms with E-state index in [0.29, 0.717) is 17.1 Å². The highest BCUT2D eigenvalue weighted by Gasteiger charge is 2.12. The van der Waals surface area contributed by atoms with Crippen LogP contribution in [0, 0.1) is 11.3 Å². The molecule has 0 heterocycles. The summed E-state index contributed by atoms with van der Waals surface area (Å²) in [7, 11) is 1.59. The first-order chi connectivity index (χ1) is 11.1. The maximum Gasteiger partial charge on any atom is 0.320 e. The number of nitriles is 1. The molecular weight excluding hydrogens is 314 g/mol. The van der Waals surface area contributed by atoms with Gasteiger partial charge in [0.1, 0.15) is 11.8 Å². The molecule has 0 bridgehead atoms. The molecule has 0 aliphatic carbocycles. The molecule has 0 aliphatic heterocycles. The van der Waals surface area contributed by atoms with Crippen LogP contribution in [0.3, 0.4) is 0 Å². The predicted octanol–water partition coefficient (Wildman–Crippen LogP) is 3.60. The molecule has 1 unspecified atom stereocenters. The fourth-order valence-corrected chi connectivity index (χ4v) is 2.11. The van der Waals surface area contributed by atoms with Crippen molar-refractivity contribution in [1.82, 2.24) is 5.32 Å². The lowest BCUT2D eigenvalue weighted by Crippen LogP contribution is -2.38. The number of carbonyl (C=O) groups is 1. The van der Waals surface area contributed by atoms with Crippen molar-refractivity contribution in [3.8, 4) is 11.8 Å². The van der Waals surface area contributed by atoms with Crippen LogP contribution in [-0.4, -0.2) is 19.2 Å². The van der Waals surface area contributed by atoms with Gasteiger partial charge in [-0.3, -0.25) is 0 Å². The molecule has 2 aromatic carbocycles. The fraction of sp³-hybridized carbons (Fsp3) is 0.176. The number of benzene rings is 2. The standard InChI is InChI=1S/C17H16ClN3O2/c1-23-16-8-2-12(3-9-16)10-15(11-19)21-17(22)20-14-6-4-13(18)5-7-14/h2-9,15H,10H2,1H3,(H2,20,21,22). The number of hydrogen-bond acceptors (Lipinski definition) is 3. The summed E-state index contributed by atoms with van der Waals surface area (Å²) in [5.74, 6) is 0.746. The molecule has 2 N–H and O–H groups in total. The maximum atomic E-state index is 11.9. The summed E-state index contributed by atoms with van der Waals surface area (Å²) < 4.78 is 5.09. The topological polar surface area (TPSA) is 74.1 Å². The van der Waals surface area contributed by atoms with Gasteiger partial charge in [0.15, 0.2) is 0 Å². The number of ether oxygens (including phenoxy) is 1. The summed E-state index contributed by atoms with van der Waals surface area (Å²) >= 11 is 5.79. The van der Waals surface area contributed by atoms with E-state index in [9.17, 15) is 10.1 Å². The van der Waals surface area contributed by atoms with Crippen LogP contribution in [0.2, 0.25) is 5.02 Å². The second-order valence-electron chi connectivity index (χ2n) is 4.84. The lowest BCUT2D eigenvalue weighted by Gasteiger charge is -2.13. The minimum absolute atomic E-state index is 0.411. The molecule has 2 aromatic rings. The predicted molar refractivity (Wildman–Crippen MR) is 89.7 cm³/mol. The van der Waals surface area contributed by atoms with Crippen molar-refractivity contribution in [3.05, 3.63) is 59.1 Å². The van der Waals surface area contributed by atoms with E-state index in [1.807, 2.05) is 24.3 Å². The first kappa shape index (κ1) is 16.7. The number of rotatable bonds is 5. The van der Waals surface area contributed by atoms with E-state index < -0.39 is 12.1 Å². The van der Waals surface area contributed by atoms with E-state index in [1.165, 1.54) is 0 Å². The van der Waals surface area contributed by atoms with E-state index >= 15 is 0 Å². The third-order valence-electron chi connectivity index (χ3n) is 3.16. The monoisotopic (exact) mass is 329 g/mol. The van der Waals surface area contributed by atoms with Crippen LogP contribution in [0.4, 0.5) is 10.5 Å². The summed E-state index contributed by atoms with van der Waals surface area (Å²) in [5.41, 5.74) is 1.54. The second kappa shape index (κ2) is 8.06. The van der Waals surface area contributed by atoms with Gasteiger partial charge in [-0.25, -0.2) is 4.79 Å². The highest BCUT2D eigenvalue weighted by atomic mass is 35.5. The van der Waals surface area contributed by atoms with Gasteiger partial charge in [0.25, 0.3) is 0 Å². The zero-order valence-corrected chi connectivity index (χ0v) is 13.3. The second-order valence-corrected chi connectivity index (χ2v) is 5.28. The Labute approximate surface area is 139 Å². The quantitative estimate of drug-likeness (QED) is 0.880. The van der Waals surface area contributed by atoms with E-state index in [1.54, 1.807) is 31.4 Å². The minimum atomic E-state index is -0.629. The van der Waals surface area contributed by atoms with Crippen molar-refractivity contribution in [3.63, 3.8) is 0 Å². The zero-order valence-electron chi connectivity index (χ0n) is 12.5. The first-order valence-corrected chi connectivity index (χ1v) is 7.34. The number of amides is 2. The van der Waals surface area contributed by atoms with Crippen LogP contribution >= 0.6 is 11.6 Å². The van der Waals surface area contributed by atoms with Crippen molar-refractivity contribution in [1.29, 1.82) is 5.26 Å². The smallest absolute Gasteiger partial charge is 0.320 e. The highest BCUT2D eigenvalue weighted by Crippen LogP contribution is 2.14. The number of carbonyl (C=O) groups excluding carboxylic acids is 1.